The third kappa shape index (κ3) is 4.81. The van der Waals surface area contributed by atoms with Crippen LogP contribution >= 0.6 is 11.8 Å². The van der Waals surface area contributed by atoms with E-state index in [1.807, 2.05) is 29.2 Å². The molecule has 1 aromatic carbocycles. The number of methoxy groups -OCH3 is 1. The minimum Gasteiger partial charge on any atom is -0.550 e. The molecule has 0 unspecified atom stereocenters. The number of nitrogens with zero attached hydrogens (tertiary/aromatic N) is 2. The Morgan fingerprint density at radius 1 is 1.33 bits per heavy atom. The van der Waals surface area contributed by atoms with Gasteiger partial charge in [-0.05, 0) is 24.1 Å². The molecule has 2 aliphatic rings. The van der Waals surface area contributed by atoms with Gasteiger partial charge in [0.25, 0.3) is 0 Å². The minimum absolute atomic E-state index is 0.0148. The quantitative estimate of drug-likeness (QED) is 0.633. The van der Waals surface area contributed by atoms with E-state index in [1.54, 1.807) is 7.11 Å². The van der Waals surface area contributed by atoms with Gasteiger partial charge in [0.2, 0.25) is 5.91 Å². The molecule has 0 N–H and O–H groups in total. The van der Waals surface area contributed by atoms with Gasteiger partial charge in [-0.2, -0.15) is 4.99 Å². The van der Waals surface area contributed by atoms with E-state index in [0.29, 0.717) is 17.5 Å². The number of hydrogen-bond donors (Lipinski definition) is 0. The molecule has 0 bridgehead atoms. The molecule has 27 heavy (non-hydrogen) atoms. The van der Waals surface area contributed by atoms with E-state index in [0.717, 1.165) is 5.56 Å². The predicted molar refractivity (Wildman–Crippen MR) is 99.0 cm³/mol. The summed E-state index contributed by atoms with van der Waals surface area (Å²) < 4.78 is 29.2. The number of benzene rings is 1. The van der Waals surface area contributed by atoms with Crippen molar-refractivity contribution < 1.29 is 27.9 Å². The van der Waals surface area contributed by atoms with Crippen molar-refractivity contribution in [3.05, 3.63) is 29.8 Å². The Morgan fingerprint density at radius 2 is 2.11 bits per heavy atom. The normalized spacial score (nSPS) is 24.8. The number of thioether (sulfide) groups is 1. The van der Waals surface area contributed by atoms with Gasteiger partial charge in [0, 0.05) is 24.2 Å². The van der Waals surface area contributed by atoms with Crippen molar-refractivity contribution in [2.24, 2.45) is 4.99 Å². The van der Waals surface area contributed by atoms with Crippen LogP contribution in [0.25, 0.3) is 0 Å². The Hall–Kier alpha value is -2.07. The van der Waals surface area contributed by atoms with Crippen molar-refractivity contribution >= 4 is 38.6 Å². The second-order valence-corrected chi connectivity index (χ2v) is 9.80. The molecule has 0 aromatic heterocycles. The van der Waals surface area contributed by atoms with Crippen molar-refractivity contribution in [3.8, 4) is 5.75 Å². The maximum Gasteiger partial charge on any atom is 0.248 e. The summed E-state index contributed by atoms with van der Waals surface area (Å²) in [4.78, 5) is 28.4. The number of rotatable bonds is 6. The van der Waals surface area contributed by atoms with E-state index in [1.165, 1.54) is 11.8 Å². The lowest BCUT2D eigenvalue weighted by Gasteiger charge is -2.24. The second kappa shape index (κ2) is 7.89. The molecule has 3 rings (SSSR count). The monoisotopic (exact) mass is 411 g/mol. The molecular weight excluding hydrogens is 392 g/mol. The average molecular weight is 411 g/mol. The minimum atomic E-state index is -3.13. The summed E-state index contributed by atoms with van der Waals surface area (Å²) in [5, 5.41) is 10.8. The zero-order chi connectivity index (χ0) is 19.6. The third-order valence-corrected chi connectivity index (χ3v) is 7.67. The van der Waals surface area contributed by atoms with Crippen molar-refractivity contribution in [3.63, 3.8) is 0 Å². The van der Waals surface area contributed by atoms with E-state index in [2.05, 4.69) is 4.99 Å². The van der Waals surface area contributed by atoms with Gasteiger partial charge in [-0.3, -0.25) is 4.79 Å². The molecule has 10 heteroatoms. The van der Waals surface area contributed by atoms with Gasteiger partial charge in [0.1, 0.15) is 5.75 Å². The van der Waals surface area contributed by atoms with E-state index in [-0.39, 0.29) is 29.2 Å². The fourth-order valence-electron chi connectivity index (χ4n) is 3.16. The van der Waals surface area contributed by atoms with Gasteiger partial charge in [0.15, 0.2) is 15.0 Å². The molecule has 0 saturated carbocycles. The number of carboxylic acids is 1. The second-order valence-electron chi connectivity index (χ2n) is 6.44. The van der Waals surface area contributed by atoms with Gasteiger partial charge in [-0.1, -0.05) is 23.9 Å². The molecule has 2 atom stereocenters. The topological polar surface area (TPSA) is 116 Å². The molecule has 0 aliphatic carbocycles. The van der Waals surface area contributed by atoms with Crippen molar-refractivity contribution in [1.82, 2.24) is 4.90 Å². The molecule has 2 aliphatic heterocycles. The maximum absolute atomic E-state index is 12.0. The number of carboxylic acid groups (broad SMARTS) is 1. The van der Waals surface area contributed by atoms with Gasteiger partial charge in [-0.25, -0.2) is 8.42 Å². The molecule has 0 radical (unpaired) electrons. The number of amidine groups is 1. The van der Waals surface area contributed by atoms with E-state index >= 15 is 0 Å². The number of ether oxygens (including phenoxy) is 1. The fraction of sp³-hybridized carbons (Fsp3) is 0.471. The first-order valence-electron chi connectivity index (χ1n) is 8.35. The number of amides is 1. The molecule has 2 heterocycles. The fourth-order valence-corrected chi connectivity index (χ4v) is 7.13. The van der Waals surface area contributed by atoms with Crippen molar-refractivity contribution in [1.29, 1.82) is 0 Å². The van der Waals surface area contributed by atoms with Crippen LogP contribution in [0.5, 0.6) is 5.75 Å². The highest BCUT2D eigenvalue weighted by Crippen LogP contribution is 2.39. The zero-order valence-electron chi connectivity index (χ0n) is 14.7. The summed E-state index contributed by atoms with van der Waals surface area (Å²) in [6.45, 7) is 0.382. The third-order valence-electron chi connectivity index (χ3n) is 4.43. The molecule has 146 valence electrons. The van der Waals surface area contributed by atoms with Gasteiger partial charge < -0.3 is 19.5 Å². The lowest BCUT2D eigenvalue weighted by Crippen LogP contribution is -2.37. The summed E-state index contributed by atoms with van der Waals surface area (Å²) >= 11 is 1.27. The Bertz CT molecular complexity index is 883. The molecule has 2 fully saturated rings. The van der Waals surface area contributed by atoms with Crippen LogP contribution in [0.4, 0.5) is 0 Å². The lowest BCUT2D eigenvalue weighted by atomic mass is 10.1. The number of hydrogen-bond acceptors (Lipinski definition) is 7. The molecule has 0 spiro atoms. The van der Waals surface area contributed by atoms with Crippen LogP contribution in [-0.4, -0.2) is 60.3 Å². The Balaban J connectivity index is 1.83. The maximum atomic E-state index is 12.0. The number of carbonyl (C=O) groups is 2. The van der Waals surface area contributed by atoms with Crippen LogP contribution < -0.4 is 9.84 Å². The molecule has 1 aromatic rings. The number of sulfone groups is 1. The first-order chi connectivity index (χ1) is 12.8. The number of fused-ring (bicyclic) bond motifs is 1. The van der Waals surface area contributed by atoms with Crippen LogP contribution in [0, 0.1) is 0 Å². The van der Waals surface area contributed by atoms with E-state index in [9.17, 15) is 23.1 Å². The molecule has 2 saturated heterocycles. The number of aliphatic carboxylic acids is 1. The Labute approximate surface area is 161 Å². The van der Waals surface area contributed by atoms with Gasteiger partial charge in [0.05, 0.1) is 24.7 Å². The number of carbonyl (C=O) groups excluding carboxylic acids is 2. The van der Waals surface area contributed by atoms with Crippen molar-refractivity contribution in [2.75, 3.05) is 18.6 Å². The van der Waals surface area contributed by atoms with Gasteiger partial charge >= 0.3 is 0 Å². The predicted octanol–water partition coefficient (Wildman–Crippen LogP) is -0.178. The summed E-state index contributed by atoms with van der Waals surface area (Å²) in [7, 11) is -1.57. The Kier molecular flexibility index (Phi) is 5.75. The lowest BCUT2D eigenvalue weighted by molar-refractivity contribution is -0.305. The molecule has 1 amide bonds. The van der Waals surface area contributed by atoms with Crippen LogP contribution in [-0.2, 0) is 26.0 Å². The Morgan fingerprint density at radius 3 is 2.81 bits per heavy atom. The zero-order valence-corrected chi connectivity index (χ0v) is 16.3. The van der Waals surface area contributed by atoms with E-state index < -0.39 is 28.1 Å². The van der Waals surface area contributed by atoms with Crippen LogP contribution in [0.15, 0.2) is 29.3 Å². The standard InChI is InChI=1S/C17H20N2O6S2/c1-25-12-4-2-3-11(7-12)8-19-13-9-27(23,24)10-14(13)26-17(19)18-15(20)5-6-16(21)22/h2-4,7,13-14H,5-6,8-10H2,1H3,(H,21,22)/p-1/t13-,14+/m0/s1. The highest BCUT2D eigenvalue weighted by Gasteiger charge is 2.48. The largest absolute Gasteiger partial charge is 0.550 e. The van der Waals surface area contributed by atoms with Gasteiger partial charge in [-0.15, -0.1) is 0 Å². The first kappa shape index (κ1) is 19.7. The number of aliphatic imine (C=N–C) groups is 1. The summed E-state index contributed by atoms with van der Waals surface area (Å²) in [5.74, 6) is -1.12. The van der Waals surface area contributed by atoms with Crippen LogP contribution in [0.1, 0.15) is 18.4 Å². The van der Waals surface area contributed by atoms with Crippen molar-refractivity contribution in [2.45, 2.75) is 30.7 Å². The molecule has 8 nitrogen and oxygen atoms in total. The highest BCUT2D eigenvalue weighted by molar-refractivity contribution is 8.15. The SMILES string of the molecule is COc1cccc(CN2C(=NC(=O)CCC(=O)[O-])S[C@@H]3CS(=O)(=O)C[C@@H]32)c1. The first-order valence-corrected chi connectivity index (χ1v) is 11.1. The molecular formula is C17H19N2O6S2-. The summed E-state index contributed by atoms with van der Waals surface area (Å²) in [5.41, 5.74) is 0.898. The summed E-state index contributed by atoms with van der Waals surface area (Å²) in [6.07, 6.45) is -0.634. The van der Waals surface area contributed by atoms with Crippen LogP contribution in [0.3, 0.4) is 0 Å². The summed E-state index contributed by atoms with van der Waals surface area (Å²) in [6, 6.07) is 7.11. The average Bonchev–Trinajstić information content (AvgIpc) is 3.06. The van der Waals surface area contributed by atoms with E-state index in [4.69, 9.17) is 4.74 Å². The smallest absolute Gasteiger partial charge is 0.248 e. The highest BCUT2D eigenvalue weighted by atomic mass is 32.2. The van der Waals surface area contributed by atoms with Crippen LogP contribution in [0.2, 0.25) is 0 Å².